The van der Waals surface area contributed by atoms with Crippen LogP contribution in [0.25, 0.3) is 0 Å². The first-order valence-electron chi connectivity index (χ1n) is 8.59. The summed E-state index contributed by atoms with van der Waals surface area (Å²) in [6.07, 6.45) is 2.33. The quantitative estimate of drug-likeness (QED) is 0.804. The average Bonchev–Trinajstić information content (AvgIpc) is 2.59. The molecule has 2 amide bonds. The van der Waals surface area contributed by atoms with E-state index in [1.807, 2.05) is 5.32 Å². The third-order valence-electron chi connectivity index (χ3n) is 4.49. The summed E-state index contributed by atoms with van der Waals surface area (Å²) < 4.78 is 36.8. The lowest BCUT2D eigenvalue weighted by atomic mass is 9.86. The van der Waals surface area contributed by atoms with Crippen LogP contribution >= 0.6 is 0 Å². The lowest BCUT2D eigenvalue weighted by molar-refractivity contribution is -0.173. The molecule has 0 spiro atoms. The summed E-state index contributed by atoms with van der Waals surface area (Å²) in [5, 5.41) is 4.56. The molecular formula is C18H23F3N2O2. The van der Waals surface area contributed by atoms with E-state index in [0.29, 0.717) is 23.6 Å². The van der Waals surface area contributed by atoms with Crippen molar-refractivity contribution in [2.45, 2.75) is 57.7 Å². The summed E-state index contributed by atoms with van der Waals surface area (Å²) in [5.41, 5.74) is 0.865. The molecule has 0 atom stereocenters. The molecule has 138 valence electrons. The smallest absolute Gasteiger partial charge is 0.344 e. The molecule has 7 heteroatoms. The molecule has 1 aliphatic carbocycles. The summed E-state index contributed by atoms with van der Waals surface area (Å²) in [6.45, 7) is -0.294. The Bertz CT molecular complexity index is 596. The Balaban J connectivity index is 1.86. The topological polar surface area (TPSA) is 58.2 Å². The summed E-state index contributed by atoms with van der Waals surface area (Å²) in [4.78, 5) is 23.1. The Morgan fingerprint density at radius 2 is 1.76 bits per heavy atom. The molecule has 0 bridgehead atoms. The fourth-order valence-corrected chi connectivity index (χ4v) is 3.10. The standard InChI is InChI=1S/C18H23F3N2O2/c19-18(20,21)17(25)22-12-14-8-4-5-9-15(14)23-16(24)11-10-13-6-2-1-3-7-13/h4-5,8-9,13H,1-3,6-7,10-12H2,(H,22,25)(H,23,24). The van der Waals surface area contributed by atoms with Gasteiger partial charge in [0.15, 0.2) is 0 Å². The highest BCUT2D eigenvalue weighted by Gasteiger charge is 2.38. The molecule has 25 heavy (non-hydrogen) atoms. The van der Waals surface area contributed by atoms with Gasteiger partial charge in [0.2, 0.25) is 5.91 Å². The van der Waals surface area contributed by atoms with E-state index in [2.05, 4.69) is 5.32 Å². The van der Waals surface area contributed by atoms with Crippen LogP contribution in [0.3, 0.4) is 0 Å². The zero-order chi connectivity index (χ0) is 18.3. The number of carbonyl (C=O) groups excluding carboxylic acids is 2. The van der Waals surface area contributed by atoms with Crippen LogP contribution in [-0.2, 0) is 16.1 Å². The number of nitrogens with one attached hydrogen (secondary N) is 2. The predicted molar refractivity (Wildman–Crippen MR) is 88.8 cm³/mol. The Hall–Kier alpha value is -2.05. The van der Waals surface area contributed by atoms with Gasteiger partial charge in [-0.3, -0.25) is 9.59 Å². The lowest BCUT2D eigenvalue weighted by Crippen LogP contribution is -2.36. The molecule has 1 saturated carbocycles. The van der Waals surface area contributed by atoms with E-state index in [1.165, 1.54) is 19.3 Å². The van der Waals surface area contributed by atoms with Crippen molar-refractivity contribution in [2.75, 3.05) is 5.32 Å². The molecule has 0 unspecified atom stereocenters. The van der Waals surface area contributed by atoms with Crippen LogP contribution in [0.5, 0.6) is 0 Å². The maximum absolute atomic E-state index is 12.3. The SMILES string of the molecule is O=C(CCC1CCCCC1)Nc1ccccc1CNC(=O)C(F)(F)F. The fourth-order valence-electron chi connectivity index (χ4n) is 3.10. The first-order chi connectivity index (χ1) is 11.9. The molecule has 0 aromatic heterocycles. The van der Waals surface area contributed by atoms with Crippen molar-refractivity contribution in [3.63, 3.8) is 0 Å². The van der Waals surface area contributed by atoms with Gasteiger partial charge in [-0.15, -0.1) is 0 Å². The van der Waals surface area contributed by atoms with E-state index in [1.54, 1.807) is 24.3 Å². The number of benzene rings is 1. The Labute approximate surface area is 145 Å². The number of amides is 2. The number of hydrogen-bond donors (Lipinski definition) is 2. The van der Waals surface area contributed by atoms with Crippen molar-refractivity contribution in [2.24, 2.45) is 5.92 Å². The molecule has 0 heterocycles. The third-order valence-corrected chi connectivity index (χ3v) is 4.49. The van der Waals surface area contributed by atoms with Gasteiger partial charge in [0, 0.05) is 18.7 Å². The first-order valence-corrected chi connectivity index (χ1v) is 8.59. The third kappa shape index (κ3) is 6.40. The molecule has 0 aliphatic heterocycles. The van der Waals surface area contributed by atoms with E-state index in [0.717, 1.165) is 19.3 Å². The van der Waals surface area contributed by atoms with Crippen molar-refractivity contribution < 1.29 is 22.8 Å². The van der Waals surface area contributed by atoms with Crippen molar-refractivity contribution >= 4 is 17.5 Å². The van der Waals surface area contributed by atoms with Crippen LogP contribution in [0.1, 0.15) is 50.5 Å². The van der Waals surface area contributed by atoms with Crippen molar-refractivity contribution in [3.05, 3.63) is 29.8 Å². The van der Waals surface area contributed by atoms with E-state index in [9.17, 15) is 22.8 Å². The zero-order valence-corrected chi connectivity index (χ0v) is 14.0. The van der Waals surface area contributed by atoms with Gasteiger partial charge in [-0.2, -0.15) is 13.2 Å². The molecule has 2 rings (SSSR count). The van der Waals surface area contributed by atoms with E-state index < -0.39 is 12.1 Å². The van der Waals surface area contributed by atoms with Crippen LogP contribution in [0.4, 0.5) is 18.9 Å². The highest BCUT2D eigenvalue weighted by atomic mass is 19.4. The molecule has 4 nitrogen and oxygen atoms in total. The molecule has 0 radical (unpaired) electrons. The fraction of sp³-hybridized carbons (Fsp3) is 0.556. The minimum absolute atomic E-state index is 0.153. The van der Waals surface area contributed by atoms with E-state index >= 15 is 0 Å². The van der Waals surface area contributed by atoms with Gasteiger partial charge in [-0.05, 0) is 24.0 Å². The number of hydrogen-bond acceptors (Lipinski definition) is 2. The van der Waals surface area contributed by atoms with Crippen LogP contribution in [0.15, 0.2) is 24.3 Å². The Morgan fingerprint density at radius 3 is 2.44 bits per heavy atom. The largest absolute Gasteiger partial charge is 0.471 e. The summed E-state index contributed by atoms with van der Waals surface area (Å²) >= 11 is 0. The monoisotopic (exact) mass is 356 g/mol. The summed E-state index contributed by atoms with van der Waals surface area (Å²) in [7, 11) is 0. The van der Waals surface area contributed by atoms with Gasteiger partial charge < -0.3 is 10.6 Å². The van der Waals surface area contributed by atoms with Crippen LogP contribution in [0, 0.1) is 5.92 Å². The second-order valence-electron chi connectivity index (χ2n) is 6.43. The summed E-state index contributed by atoms with van der Waals surface area (Å²) in [6, 6.07) is 6.53. The molecular weight excluding hydrogens is 333 g/mol. The minimum Gasteiger partial charge on any atom is -0.344 e. The van der Waals surface area contributed by atoms with Gasteiger partial charge in [0.05, 0.1) is 0 Å². The maximum Gasteiger partial charge on any atom is 0.471 e. The van der Waals surface area contributed by atoms with Crippen molar-refractivity contribution in [3.8, 4) is 0 Å². The Kier molecular flexibility index (Phi) is 6.84. The van der Waals surface area contributed by atoms with E-state index in [4.69, 9.17) is 0 Å². The van der Waals surface area contributed by atoms with Crippen LogP contribution in [0.2, 0.25) is 0 Å². The second-order valence-corrected chi connectivity index (χ2v) is 6.43. The highest BCUT2D eigenvalue weighted by molar-refractivity contribution is 5.91. The number of halogens is 3. The van der Waals surface area contributed by atoms with Crippen LogP contribution in [-0.4, -0.2) is 18.0 Å². The van der Waals surface area contributed by atoms with Gasteiger partial charge in [-0.1, -0.05) is 50.3 Å². The molecule has 2 N–H and O–H groups in total. The maximum atomic E-state index is 12.3. The van der Waals surface area contributed by atoms with Gasteiger partial charge >= 0.3 is 12.1 Å². The van der Waals surface area contributed by atoms with Gasteiger partial charge in [-0.25, -0.2) is 0 Å². The molecule has 1 aliphatic rings. The molecule has 0 saturated heterocycles. The van der Waals surface area contributed by atoms with Gasteiger partial charge in [0.1, 0.15) is 0 Å². The minimum atomic E-state index is -4.92. The van der Waals surface area contributed by atoms with Gasteiger partial charge in [0.25, 0.3) is 0 Å². The number of para-hydroxylation sites is 1. The lowest BCUT2D eigenvalue weighted by Gasteiger charge is -2.21. The molecule has 1 aromatic carbocycles. The number of rotatable bonds is 6. The zero-order valence-electron chi connectivity index (χ0n) is 14.0. The first kappa shape index (κ1) is 19.3. The van der Waals surface area contributed by atoms with E-state index in [-0.39, 0.29) is 12.5 Å². The molecule has 1 fully saturated rings. The van der Waals surface area contributed by atoms with Crippen molar-refractivity contribution in [1.82, 2.24) is 5.32 Å². The molecule has 1 aromatic rings. The number of carbonyl (C=O) groups is 2. The highest BCUT2D eigenvalue weighted by Crippen LogP contribution is 2.27. The average molecular weight is 356 g/mol. The van der Waals surface area contributed by atoms with Crippen molar-refractivity contribution in [1.29, 1.82) is 0 Å². The predicted octanol–water partition coefficient (Wildman–Crippen LogP) is 4.16. The second kappa shape index (κ2) is 8.87. The number of anilines is 1. The normalized spacial score (nSPS) is 15.6. The Morgan fingerprint density at radius 1 is 1.08 bits per heavy atom. The summed E-state index contributed by atoms with van der Waals surface area (Å²) in [5.74, 6) is -1.56. The number of alkyl halides is 3. The van der Waals surface area contributed by atoms with Crippen LogP contribution < -0.4 is 10.6 Å².